The fourth-order valence-electron chi connectivity index (χ4n) is 3.78. The van der Waals surface area contributed by atoms with Gasteiger partial charge < -0.3 is 16.4 Å². The van der Waals surface area contributed by atoms with Crippen LogP contribution in [0, 0.1) is 28.6 Å². The van der Waals surface area contributed by atoms with E-state index in [4.69, 9.17) is 11.5 Å². The van der Waals surface area contributed by atoms with Crippen molar-refractivity contribution in [3.05, 3.63) is 58.4 Å². The molecule has 0 saturated carbocycles. The van der Waals surface area contributed by atoms with E-state index in [0.717, 1.165) is 37.2 Å². The average Bonchev–Trinajstić information content (AvgIpc) is 2.67. The maximum Gasteiger partial charge on any atom is 0.129 e. The highest BCUT2D eigenvalue weighted by Gasteiger charge is 2.35. The van der Waals surface area contributed by atoms with Gasteiger partial charge in [-0.2, -0.15) is 10.5 Å². The number of rotatable bonds is 2. The number of nitrogens with two attached hydrogens (primary N) is 2. The monoisotopic (exact) mass is 346 g/mol. The average molecular weight is 346 g/mol. The van der Waals surface area contributed by atoms with Crippen LogP contribution in [0.1, 0.15) is 29.9 Å². The number of likely N-dealkylation sites (tertiary alicyclic amines) is 1. The molecule has 4 N–H and O–H groups in total. The fourth-order valence-corrected chi connectivity index (χ4v) is 3.78. The summed E-state index contributed by atoms with van der Waals surface area (Å²) in [6.07, 6.45) is 3.27. The van der Waals surface area contributed by atoms with Crippen LogP contribution in [-0.2, 0) is 0 Å². The lowest BCUT2D eigenvalue weighted by molar-refractivity contribution is 0.236. The van der Waals surface area contributed by atoms with Gasteiger partial charge in [0, 0.05) is 17.7 Å². The fraction of sp³-hybridized carbons (Fsp3) is 0.350. The topological polar surface area (TPSA) is 115 Å². The predicted molar refractivity (Wildman–Crippen MR) is 101 cm³/mol. The molecule has 1 aromatic rings. The summed E-state index contributed by atoms with van der Waals surface area (Å²) in [7, 11) is 2.09. The molecule has 6 nitrogen and oxygen atoms in total. The maximum atomic E-state index is 9.96. The van der Waals surface area contributed by atoms with Gasteiger partial charge in [0.15, 0.2) is 0 Å². The number of hydrogen-bond donors (Lipinski definition) is 2. The van der Waals surface area contributed by atoms with Crippen LogP contribution in [0.5, 0.6) is 0 Å². The molecule has 0 radical (unpaired) electrons. The lowest BCUT2D eigenvalue weighted by Gasteiger charge is -2.33. The number of piperidine rings is 1. The van der Waals surface area contributed by atoms with Crippen molar-refractivity contribution < 1.29 is 0 Å². The standard InChI is InChI=1S/C20H22N6/c1-26-8-6-13(7-9-26)19-16(11-22)18(17(12-23)20(24)25-19)15-5-3-2-4-14(15)10-21/h2-5,12-13,18H,6-9,23H2,1H3,(H2,24,25)/b17-12-. The van der Waals surface area contributed by atoms with Gasteiger partial charge in [-0.3, -0.25) is 0 Å². The first-order valence-corrected chi connectivity index (χ1v) is 8.68. The number of nitrogens with zero attached hydrogens (tertiary/aromatic N) is 4. The van der Waals surface area contributed by atoms with E-state index in [0.29, 0.717) is 22.5 Å². The summed E-state index contributed by atoms with van der Waals surface area (Å²) in [4.78, 5) is 6.84. The SMILES string of the molecule is CN1CCC(C2=C(C#N)C(c3ccccc3C#N)/C(=C/N)C(N)=N2)CC1. The zero-order chi connectivity index (χ0) is 18.7. The van der Waals surface area contributed by atoms with Crippen molar-refractivity contribution in [2.75, 3.05) is 20.1 Å². The van der Waals surface area contributed by atoms with Gasteiger partial charge in [-0.1, -0.05) is 18.2 Å². The van der Waals surface area contributed by atoms with Crippen LogP contribution in [-0.4, -0.2) is 30.9 Å². The van der Waals surface area contributed by atoms with Gasteiger partial charge in [0.05, 0.1) is 34.9 Å². The second-order valence-electron chi connectivity index (χ2n) is 6.74. The van der Waals surface area contributed by atoms with Crippen LogP contribution in [0.25, 0.3) is 0 Å². The molecule has 3 rings (SSSR count). The number of benzene rings is 1. The largest absolute Gasteiger partial charge is 0.404 e. The Morgan fingerprint density at radius 2 is 1.88 bits per heavy atom. The Balaban J connectivity index is 2.16. The van der Waals surface area contributed by atoms with Gasteiger partial charge in [-0.15, -0.1) is 0 Å². The Bertz CT molecular complexity index is 872. The Kier molecular flexibility index (Phi) is 5.06. The molecule has 0 aliphatic carbocycles. The van der Waals surface area contributed by atoms with Gasteiger partial charge in [0.25, 0.3) is 0 Å². The van der Waals surface area contributed by atoms with Crippen LogP contribution >= 0.6 is 0 Å². The summed E-state index contributed by atoms with van der Waals surface area (Å²) in [6.45, 7) is 1.92. The summed E-state index contributed by atoms with van der Waals surface area (Å²) >= 11 is 0. The van der Waals surface area contributed by atoms with Crippen LogP contribution in [0.4, 0.5) is 0 Å². The molecule has 1 atom stereocenters. The van der Waals surface area contributed by atoms with E-state index in [1.54, 1.807) is 6.07 Å². The molecule has 1 aromatic carbocycles. The van der Waals surface area contributed by atoms with Crippen molar-refractivity contribution in [1.82, 2.24) is 4.90 Å². The molecule has 1 fully saturated rings. The second-order valence-corrected chi connectivity index (χ2v) is 6.74. The van der Waals surface area contributed by atoms with Crippen LogP contribution in [0.2, 0.25) is 0 Å². The Labute approximate surface area is 153 Å². The Hall–Kier alpha value is -3.09. The van der Waals surface area contributed by atoms with E-state index in [2.05, 4.69) is 29.1 Å². The summed E-state index contributed by atoms with van der Waals surface area (Å²) in [5.41, 5.74) is 15.2. The first kappa shape index (κ1) is 17.7. The van der Waals surface area contributed by atoms with E-state index in [1.165, 1.54) is 6.20 Å². The molecule has 26 heavy (non-hydrogen) atoms. The molecule has 0 amide bonds. The molecule has 1 unspecified atom stereocenters. The van der Waals surface area contributed by atoms with E-state index in [1.807, 2.05) is 18.2 Å². The normalized spacial score (nSPS) is 23.4. The minimum atomic E-state index is -0.451. The zero-order valence-corrected chi connectivity index (χ0v) is 14.8. The van der Waals surface area contributed by atoms with Crippen molar-refractivity contribution in [2.24, 2.45) is 22.4 Å². The first-order valence-electron chi connectivity index (χ1n) is 8.68. The summed E-state index contributed by atoms with van der Waals surface area (Å²) < 4.78 is 0. The van der Waals surface area contributed by atoms with Crippen molar-refractivity contribution in [1.29, 1.82) is 10.5 Å². The first-order chi connectivity index (χ1) is 12.6. The van der Waals surface area contributed by atoms with Crippen LogP contribution < -0.4 is 11.5 Å². The molecule has 1 saturated heterocycles. The number of aliphatic imine (C=N–C) groups is 1. The summed E-state index contributed by atoms with van der Waals surface area (Å²) in [5.74, 6) is 0.0710. The third-order valence-corrected chi connectivity index (χ3v) is 5.21. The predicted octanol–water partition coefficient (Wildman–Crippen LogP) is 1.97. The number of nitriles is 2. The minimum absolute atomic E-state index is 0.190. The van der Waals surface area contributed by atoms with Crippen molar-refractivity contribution in [3.8, 4) is 12.1 Å². The van der Waals surface area contributed by atoms with Gasteiger partial charge in [0.2, 0.25) is 0 Å². The van der Waals surface area contributed by atoms with E-state index >= 15 is 0 Å². The molecular weight excluding hydrogens is 324 g/mol. The highest BCUT2D eigenvalue weighted by molar-refractivity contribution is 6.01. The van der Waals surface area contributed by atoms with Gasteiger partial charge in [-0.05, 0) is 44.6 Å². The number of allylic oxidation sites excluding steroid dienone is 2. The number of amidine groups is 1. The molecule has 2 heterocycles. The lowest BCUT2D eigenvalue weighted by Crippen LogP contribution is -2.34. The Morgan fingerprint density at radius 3 is 2.50 bits per heavy atom. The molecule has 0 bridgehead atoms. The molecule has 132 valence electrons. The van der Waals surface area contributed by atoms with Crippen LogP contribution in [0.3, 0.4) is 0 Å². The highest BCUT2D eigenvalue weighted by atomic mass is 15.1. The molecule has 6 heteroatoms. The van der Waals surface area contributed by atoms with Crippen LogP contribution in [0.15, 0.2) is 52.3 Å². The van der Waals surface area contributed by atoms with E-state index < -0.39 is 5.92 Å². The van der Waals surface area contributed by atoms with Gasteiger partial charge in [-0.25, -0.2) is 4.99 Å². The molecule has 2 aliphatic rings. The van der Waals surface area contributed by atoms with Crippen molar-refractivity contribution in [3.63, 3.8) is 0 Å². The van der Waals surface area contributed by atoms with E-state index in [-0.39, 0.29) is 5.92 Å². The lowest BCUT2D eigenvalue weighted by atomic mass is 9.77. The summed E-state index contributed by atoms with van der Waals surface area (Å²) in [5, 5.41) is 19.5. The van der Waals surface area contributed by atoms with Gasteiger partial charge in [0.1, 0.15) is 5.84 Å². The smallest absolute Gasteiger partial charge is 0.129 e. The highest BCUT2D eigenvalue weighted by Crippen LogP contribution is 2.42. The van der Waals surface area contributed by atoms with Crippen molar-refractivity contribution in [2.45, 2.75) is 18.8 Å². The zero-order valence-electron chi connectivity index (χ0n) is 14.8. The molecular formula is C20H22N6. The maximum absolute atomic E-state index is 9.96. The minimum Gasteiger partial charge on any atom is -0.404 e. The molecule has 2 aliphatic heterocycles. The summed E-state index contributed by atoms with van der Waals surface area (Å²) in [6, 6.07) is 11.8. The van der Waals surface area contributed by atoms with Gasteiger partial charge >= 0.3 is 0 Å². The Morgan fingerprint density at radius 1 is 1.19 bits per heavy atom. The second kappa shape index (κ2) is 7.43. The third kappa shape index (κ3) is 3.08. The third-order valence-electron chi connectivity index (χ3n) is 5.21. The molecule has 0 spiro atoms. The molecule has 0 aromatic heterocycles. The van der Waals surface area contributed by atoms with Crippen molar-refractivity contribution >= 4 is 5.84 Å². The van der Waals surface area contributed by atoms with E-state index in [9.17, 15) is 10.5 Å². The number of hydrogen-bond acceptors (Lipinski definition) is 6. The quantitative estimate of drug-likeness (QED) is 0.849.